The molecule has 2 aliphatic heterocycles. The van der Waals surface area contributed by atoms with Crippen molar-refractivity contribution in [1.29, 1.82) is 0 Å². The van der Waals surface area contributed by atoms with Gasteiger partial charge in [0.1, 0.15) is 5.82 Å². The SMILES string of the molecule is C=C1CC2(CCN(CCC(C(=O)N(C)Cc3ccc(C(F)(F)F)cc3)c3ccc(I)c(I)c3)CC2)c2cc(F)ccc2N1C. The number of rotatable bonds is 7. The van der Waals surface area contributed by atoms with Crippen LogP contribution in [0, 0.1) is 13.0 Å². The van der Waals surface area contributed by atoms with Gasteiger partial charge in [0.25, 0.3) is 0 Å². The van der Waals surface area contributed by atoms with Gasteiger partial charge in [0.15, 0.2) is 0 Å². The van der Waals surface area contributed by atoms with Crippen LogP contribution in [-0.2, 0) is 22.9 Å². The molecule has 0 aromatic heterocycles. The highest BCUT2D eigenvalue weighted by atomic mass is 127. The molecular weight excluding hydrogens is 796 g/mol. The Morgan fingerprint density at radius 2 is 1.70 bits per heavy atom. The topological polar surface area (TPSA) is 26.8 Å². The number of alkyl halides is 3. The highest BCUT2D eigenvalue weighted by Crippen LogP contribution is 2.49. The van der Waals surface area contributed by atoms with Gasteiger partial charge >= 0.3 is 6.18 Å². The lowest BCUT2D eigenvalue weighted by Gasteiger charge is -2.48. The highest BCUT2D eigenvalue weighted by molar-refractivity contribution is 14.1. The maximum absolute atomic E-state index is 14.4. The van der Waals surface area contributed by atoms with Gasteiger partial charge in [-0.3, -0.25) is 4.79 Å². The molecule has 234 valence electrons. The number of likely N-dealkylation sites (N-methyl/N-ethyl adjacent to an activating group) is 1. The normalized spacial score (nSPS) is 17.5. The van der Waals surface area contributed by atoms with E-state index in [-0.39, 0.29) is 23.7 Å². The molecule has 44 heavy (non-hydrogen) atoms. The average molecular weight is 831 g/mol. The van der Waals surface area contributed by atoms with Crippen molar-refractivity contribution in [3.63, 3.8) is 0 Å². The molecule has 3 aromatic rings. The second-order valence-electron chi connectivity index (χ2n) is 12.0. The smallest absolute Gasteiger partial charge is 0.349 e. The third-order valence-electron chi connectivity index (χ3n) is 9.18. The number of hydrogen-bond donors (Lipinski definition) is 0. The second kappa shape index (κ2) is 13.3. The van der Waals surface area contributed by atoms with Crippen molar-refractivity contribution >= 4 is 56.8 Å². The molecule has 1 atom stereocenters. The standard InChI is InChI=1S/C34H35F4I2N3O/c1-22-20-33(28-19-26(35)9-11-31(28)42(22)3)13-16-43(17-14-33)15-12-27(24-6-10-29(39)30(40)18-24)32(44)41(2)21-23-4-7-25(8-5-23)34(36,37)38/h4-11,18-19,27H,1,12-17,20-21H2,2-3H3. The zero-order valence-corrected chi connectivity index (χ0v) is 29.0. The number of halogens is 6. The molecule has 5 rings (SSSR count). The van der Waals surface area contributed by atoms with Crippen LogP contribution in [0.1, 0.15) is 53.9 Å². The molecule has 1 saturated heterocycles. The Balaban J connectivity index is 1.29. The number of nitrogens with zero attached hydrogens (tertiary/aromatic N) is 3. The largest absolute Gasteiger partial charge is 0.416 e. The fraction of sp³-hybridized carbons (Fsp3) is 0.382. The third-order valence-corrected chi connectivity index (χ3v) is 12.0. The molecule has 2 heterocycles. The summed E-state index contributed by atoms with van der Waals surface area (Å²) >= 11 is 4.55. The van der Waals surface area contributed by atoms with Gasteiger partial charge in [-0.1, -0.05) is 24.8 Å². The number of piperidine rings is 1. The van der Waals surface area contributed by atoms with E-state index in [2.05, 4.69) is 67.6 Å². The van der Waals surface area contributed by atoms with E-state index in [1.165, 1.54) is 18.2 Å². The van der Waals surface area contributed by atoms with Crippen LogP contribution in [-0.4, -0.2) is 49.4 Å². The number of hydrogen-bond acceptors (Lipinski definition) is 3. The van der Waals surface area contributed by atoms with Gasteiger partial charge in [-0.2, -0.15) is 13.2 Å². The van der Waals surface area contributed by atoms with E-state index in [1.807, 2.05) is 25.2 Å². The number of likely N-dealkylation sites (tertiary alicyclic amines) is 1. The van der Waals surface area contributed by atoms with Crippen molar-refractivity contribution < 1.29 is 22.4 Å². The molecule has 3 aromatic carbocycles. The van der Waals surface area contributed by atoms with Gasteiger partial charge in [-0.05, 0) is 150 Å². The van der Waals surface area contributed by atoms with Crippen molar-refractivity contribution in [2.45, 2.75) is 49.7 Å². The Morgan fingerprint density at radius 1 is 1.02 bits per heavy atom. The molecular formula is C34H35F4I2N3O. The van der Waals surface area contributed by atoms with Crippen LogP contribution in [0.15, 0.2) is 72.9 Å². The van der Waals surface area contributed by atoms with E-state index in [0.29, 0.717) is 12.0 Å². The average Bonchev–Trinajstić information content (AvgIpc) is 2.98. The number of carbonyl (C=O) groups excluding carboxylic acids is 1. The second-order valence-corrected chi connectivity index (χ2v) is 14.3. The number of allylic oxidation sites excluding steroid dienone is 1. The predicted molar refractivity (Wildman–Crippen MR) is 183 cm³/mol. The number of fused-ring (bicyclic) bond motifs is 2. The van der Waals surface area contributed by atoms with Gasteiger partial charge in [-0.15, -0.1) is 0 Å². The maximum atomic E-state index is 14.4. The summed E-state index contributed by atoms with van der Waals surface area (Å²) in [5, 5.41) is 0. The molecule has 1 unspecified atom stereocenters. The van der Waals surface area contributed by atoms with E-state index in [4.69, 9.17) is 0 Å². The van der Waals surface area contributed by atoms with Crippen LogP contribution >= 0.6 is 45.2 Å². The first-order chi connectivity index (χ1) is 20.8. The molecule has 0 saturated carbocycles. The lowest BCUT2D eigenvalue weighted by atomic mass is 9.67. The number of anilines is 1. The maximum Gasteiger partial charge on any atom is 0.416 e. The molecule has 0 bridgehead atoms. The first kappa shape index (κ1) is 33.2. The minimum Gasteiger partial charge on any atom is -0.349 e. The monoisotopic (exact) mass is 831 g/mol. The Kier molecular flexibility index (Phi) is 10.0. The summed E-state index contributed by atoms with van der Waals surface area (Å²) in [6, 6.07) is 16.1. The van der Waals surface area contributed by atoms with Gasteiger partial charge in [0.05, 0.1) is 11.5 Å². The zero-order valence-electron chi connectivity index (χ0n) is 24.7. The molecule has 0 aliphatic carbocycles. The summed E-state index contributed by atoms with van der Waals surface area (Å²) in [6.07, 6.45) is -1.23. The van der Waals surface area contributed by atoms with Crippen LogP contribution < -0.4 is 4.90 Å². The quantitative estimate of drug-likeness (QED) is 0.177. The summed E-state index contributed by atoms with van der Waals surface area (Å²) in [5.41, 5.74) is 3.83. The van der Waals surface area contributed by atoms with Crippen molar-refractivity contribution in [3.8, 4) is 0 Å². The van der Waals surface area contributed by atoms with E-state index in [1.54, 1.807) is 18.0 Å². The Labute approximate surface area is 283 Å². The van der Waals surface area contributed by atoms with Crippen molar-refractivity contribution in [1.82, 2.24) is 9.80 Å². The molecule has 2 aliphatic rings. The molecule has 1 spiro atoms. The van der Waals surface area contributed by atoms with Gasteiger partial charge in [-0.25, -0.2) is 4.39 Å². The molecule has 10 heteroatoms. The summed E-state index contributed by atoms with van der Waals surface area (Å²) in [5.74, 6) is -0.680. The van der Waals surface area contributed by atoms with Crippen LogP contribution in [0.25, 0.3) is 0 Å². The molecule has 1 fully saturated rings. The van der Waals surface area contributed by atoms with Crippen molar-refractivity contribution in [2.75, 3.05) is 38.6 Å². The van der Waals surface area contributed by atoms with Gasteiger partial charge < -0.3 is 14.7 Å². The van der Waals surface area contributed by atoms with Crippen molar-refractivity contribution in [2.24, 2.45) is 0 Å². The first-order valence-electron chi connectivity index (χ1n) is 14.6. The molecule has 1 amide bonds. The Bertz CT molecular complexity index is 1530. The Morgan fingerprint density at radius 3 is 2.34 bits per heavy atom. The minimum absolute atomic E-state index is 0.0635. The number of benzene rings is 3. The third kappa shape index (κ3) is 7.11. The lowest BCUT2D eigenvalue weighted by molar-refractivity contribution is -0.137. The van der Waals surface area contributed by atoms with Crippen LogP contribution in [0.4, 0.5) is 23.2 Å². The number of carbonyl (C=O) groups is 1. The van der Waals surface area contributed by atoms with E-state index in [0.717, 1.165) is 80.7 Å². The summed E-state index contributed by atoms with van der Waals surface area (Å²) < 4.78 is 55.6. The zero-order chi connectivity index (χ0) is 31.8. The predicted octanol–water partition coefficient (Wildman–Crippen LogP) is 8.57. The summed E-state index contributed by atoms with van der Waals surface area (Å²) in [7, 11) is 3.69. The fourth-order valence-electron chi connectivity index (χ4n) is 6.54. The van der Waals surface area contributed by atoms with E-state index >= 15 is 0 Å². The molecule has 4 nitrogen and oxygen atoms in total. The number of amides is 1. The minimum atomic E-state index is -4.40. The van der Waals surface area contributed by atoms with Gasteiger partial charge in [0, 0.05) is 44.6 Å². The van der Waals surface area contributed by atoms with Crippen LogP contribution in [0.3, 0.4) is 0 Å². The first-order valence-corrected chi connectivity index (χ1v) is 16.7. The molecule has 0 N–H and O–H groups in total. The molecule has 0 radical (unpaired) electrons. The van der Waals surface area contributed by atoms with Crippen molar-refractivity contribution in [3.05, 3.63) is 108 Å². The highest BCUT2D eigenvalue weighted by Gasteiger charge is 2.42. The van der Waals surface area contributed by atoms with Gasteiger partial charge in [0.2, 0.25) is 5.91 Å². The summed E-state index contributed by atoms with van der Waals surface area (Å²) in [4.78, 5) is 20.0. The van der Waals surface area contributed by atoms with E-state index < -0.39 is 17.7 Å². The fourth-order valence-corrected chi connectivity index (χ4v) is 7.42. The Hall–Kier alpha value is -2.19. The lowest BCUT2D eigenvalue weighted by Crippen LogP contribution is -2.47. The van der Waals surface area contributed by atoms with Crippen LogP contribution in [0.5, 0.6) is 0 Å². The van der Waals surface area contributed by atoms with Crippen LogP contribution in [0.2, 0.25) is 0 Å². The summed E-state index contributed by atoms with van der Waals surface area (Å²) in [6.45, 7) is 6.90. The van der Waals surface area contributed by atoms with E-state index in [9.17, 15) is 22.4 Å².